The lowest BCUT2D eigenvalue weighted by Crippen LogP contribution is -2.45. The average Bonchev–Trinajstić information content (AvgIpc) is 2.91. The van der Waals surface area contributed by atoms with Crippen molar-refractivity contribution in [1.82, 2.24) is 9.88 Å². The zero-order chi connectivity index (χ0) is 22.8. The van der Waals surface area contributed by atoms with Gasteiger partial charge in [-0.15, -0.1) is 6.58 Å². The Hall–Kier alpha value is -3.73. The summed E-state index contributed by atoms with van der Waals surface area (Å²) in [6, 6.07) is 5.34. The summed E-state index contributed by atoms with van der Waals surface area (Å²) in [5.74, 6) is -2.81. The number of carbonyl (C=O) groups is 3. The third kappa shape index (κ3) is 4.30. The van der Waals surface area contributed by atoms with E-state index in [4.69, 9.17) is 5.26 Å². The predicted molar refractivity (Wildman–Crippen MR) is 111 cm³/mol. The average molecular weight is 410 g/mol. The molecule has 0 aliphatic rings. The van der Waals surface area contributed by atoms with E-state index in [0.29, 0.717) is 11.3 Å². The highest BCUT2D eigenvalue weighted by molar-refractivity contribution is 6.43. The molecule has 0 spiro atoms. The first-order valence-electron chi connectivity index (χ1n) is 9.10. The Balaban J connectivity index is 2.39. The topological polar surface area (TPSA) is 104 Å². The molecule has 0 unspecified atom stereocenters. The third-order valence-corrected chi connectivity index (χ3v) is 4.87. The van der Waals surface area contributed by atoms with Gasteiger partial charge in [0, 0.05) is 18.4 Å². The fourth-order valence-electron chi connectivity index (χ4n) is 3.03. The molecule has 2 amide bonds. The van der Waals surface area contributed by atoms with Crippen molar-refractivity contribution in [2.45, 2.75) is 33.2 Å². The van der Waals surface area contributed by atoms with E-state index in [1.165, 1.54) is 22.8 Å². The summed E-state index contributed by atoms with van der Waals surface area (Å²) in [4.78, 5) is 38.0. The number of carbonyl (C=O) groups excluding carboxylic acids is 3. The van der Waals surface area contributed by atoms with Gasteiger partial charge in [-0.1, -0.05) is 6.08 Å². The highest BCUT2D eigenvalue weighted by atomic mass is 19.1. The van der Waals surface area contributed by atoms with E-state index < -0.39 is 29.0 Å². The van der Waals surface area contributed by atoms with E-state index in [9.17, 15) is 18.8 Å². The van der Waals surface area contributed by atoms with Crippen LogP contribution in [0.4, 0.5) is 10.1 Å². The van der Waals surface area contributed by atoms with Crippen LogP contribution in [0.15, 0.2) is 30.9 Å². The van der Waals surface area contributed by atoms with Crippen LogP contribution in [0.25, 0.3) is 0 Å². The summed E-state index contributed by atoms with van der Waals surface area (Å²) in [5.41, 5.74) is 0.355. The van der Waals surface area contributed by atoms with Crippen molar-refractivity contribution in [1.29, 1.82) is 5.26 Å². The summed E-state index contributed by atoms with van der Waals surface area (Å²) in [5, 5.41) is 14.1. The number of rotatable bonds is 6. The molecule has 1 aromatic carbocycles. The maximum Gasteiger partial charge on any atom is 0.293 e. The maximum absolute atomic E-state index is 13.5. The number of ketones is 1. The second-order valence-electron chi connectivity index (χ2n) is 7.46. The van der Waals surface area contributed by atoms with Crippen molar-refractivity contribution in [2.75, 3.05) is 5.32 Å². The van der Waals surface area contributed by atoms with Gasteiger partial charge in [0.1, 0.15) is 17.6 Å². The predicted octanol–water partition coefficient (Wildman–Crippen LogP) is 3.17. The standard InChI is InChI=1S/C22H23FN4O3/c1-7-22(4,5)26-21(30)19(28)17-12(2)18(27(6)13(17)3)20(29)25-15-8-9-16(23)14(10-15)11-24/h7-10H,1H2,2-6H3,(H,25,29)(H,26,30). The molecular formula is C22H23FN4O3. The molecule has 0 radical (unpaired) electrons. The molecule has 156 valence electrons. The molecule has 0 saturated heterocycles. The Labute approximate surface area is 174 Å². The maximum atomic E-state index is 13.5. The van der Waals surface area contributed by atoms with Gasteiger partial charge in [-0.25, -0.2) is 4.39 Å². The van der Waals surface area contributed by atoms with Gasteiger partial charge in [0.05, 0.1) is 16.7 Å². The number of hydrogen-bond acceptors (Lipinski definition) is 4. The largest absolute Gasteiger partial charge is 0.343 e. The van der Waals surface area contributed by atoms with Crippen LogP contribution >= 0.6 is 0 Å². The van der Waals surface area contributed by atoms with Gasteiger partial charge in [0.25, 0.3) is 17.6 Å². The first kappa shape index (κ1) is 22.6. The lowest BCUT2D eigenvalue weighted by molar-refractivity contribution is -0.118. The first-order chi connectivity index (χ1) is 13.9. The minimum atomic E-state index is -0.805. The highest BCUT2D eigenvalue weighted by Gasteiger charge is 2.30. The van der Waals surface area contributed by atoms with Gasteiger partial charge >= 0.3 is 0 Å². The molecule has 0 aliphatic carbocycles. The quantitative estimate of drug-likeness (QED) is 0.434. The molecule has 8 heteroatoms. The molecule has 1 aromatic heterocycles. The highest BCUT2D eigenvalue weighted by Crippen LogP contribution is 2.24. The monoisotopic (exact) mass is 410 g/mol. The van der Waals surface area contributed by atoms with E-state index >= 15 is 0 Å². The lowest BCUT2D eigenvalue weighted by Gasteiger charge is -2.21. The van der Waals surface area contributed by atoms with Crippen molar-refractivity contribution >= 4 is 23.3 Å². The Morgan fingerprint density at radius 3 is 2.47 bits per heavy atom. The summed E-state index contributed by atoms with van der Waals surface area (Å²) in [6.07, 6.45) is 1.51. The third-order valence-electron chi connectivity index (χ3n) is 4.87. The van der Waals surface area contributed by atoms with Gasteiger partial charge in [-0.3, -0.25) is 14.4 Å². The first-order valence-corrected chi connectivity index (χ1v) is 9.10. The Bertz CT molecular complexity index is 1110. The zero-order valence-corrected chi connectivity index (χ0v) is 17.5. The molecule has 0 fully saturated rings. The molecule has 1 heterocycles. The number of benzene rings is 1. The van der Waals surface area contributed by atoms with Gasteiger partial charge in [0.15, 0.2) is 0 Å². The van der Waals surface area contributed by atoms with E-state index in [0.717, 1.165) is 6.07 Å². The van der Waals surface area contributed by atoms with Crippen LogP contribution in [0.5, 0.6) is 0 Å². The van der Waals surface area contributed by atoms with Crippen LogP contribution in [0.1, 0.15) is 51.5 Å². The molecule has 0 saturated carbocycles. The number of hydrogen-bond donors (Lipinski definition) is 2. The summed E-state index contributed by atoms with van der Waals surface area (Å²) < 4.78 is 15.0. The number of halogens is 1. The number of nitrogens with one attached hydrogen (secondary N) is 2. The second-order valence-corrected chi connectivity index (χ2v) is 7.46. The Morgan fingerprint density at radius 2 is 1.90 bits per heavy atom. The molecule has 0 atom stereocenters. The molecule has 0 aliphatic heterocycles. The van der Waals surface area contributed by atoms with E-state index in [2.05, 4.69) is 17.2 Å². The molecule has 0 bridgehead atoms. The van der Waals surface area contributed by atoms with E-state index in [1.54, 1.807) is 40.8 Å². The van der Waals surface area contributed by atoms with Crippen LogP contribution in [0.2, 0.25) is 0 Å². The fourth-order valence-corrected chi connectivity index (χ4v) is 3.03. The zero-order valence-electron chi connectivity index (χ0n) is 17.5. The van der Waals surface area contributed by atoms with Crippen molar-refractivity contribution < 1.29 is 18.8 Å². The minimum absolute atomic E-state index is 0.136. The smallest absolute Gasteiger partial charge is 0.293 e. The van der Waals surface area contributed by atoms with Crippen molar-refractivity contribution in [3.8, 4) is 6.07 Å². The number of amides is 2. The Kier molecular flexibility index (Phi) is 6.26. The SMILES string of the molecule is C=CC(C)(C)NC(=O)C(=O)c1c(C)c(C(=O)Nc2ccc(F)c(C#N)c2)n(C)c1C. The van der Waals surface area contributed by atoms with Gasteiger partial charge in [-0.2, -0.15) is 5.26 Å². The van der Waals surface area contributed by atoms with Crippen molar-refractivity contribution in [3.63, 3.8) is 0 Å². The van der Waals surface area contributed by atoms with Crippen molar-refractivity contribution in [3.05, 3.63) is 64.7 Å². The lowest BCUT2D eigenvalue weighted by atomic mass is 10.0. The van der Waals surface area contributed by atoms with Crippen LogP contribution < -0.4 is 10.6 Å². The molecule has 2 N–H and O–H groups in total. The summed E-state index contributed by atoms with van der Waals surface area (Å²) in [7, 11) is 1.60. The van der Waals surface area contributed by atoms with E-state index in [1.807, 2.05) is 0 Å². The van der Waals surface area contributed by atoms with Crippen LogP contribution in [0, 0.1) is 31.0 Å². The number of nitriles is 1. The number of aromatic nitrogens is 1. The second kappa shape index (κ2) is 8.33. The van der Waals surface area contributed by atoms with Gasteiger partial charge in [0.2, 0.25) is 0 Å². The number of Topliss-reactive ketones (excluding diaryl/α,β-unsaturated/α-hetero) is 1. The van der Waals surface area contributed by atoms with Crippen LogP contribution in [-0.2, 0) is 11.8 Å². The molecule has 2 rings (SSSR count). The summed E-state index contributed by atoms with van der Waals surface area (Å²) in [6.45, 7) is 10.2. The molecule has 7 nitrogen and oxygen atoms in total. The minimum Gasteiger partial charge on any atom is -0.343 e. The van der Waals surface area contributed by atoms with Crippen molar-refractivity contribution in [2.24, 2.45) is 7.05 Å². The number of anilines is 1. The fraction of sp³-hybridized carbons (Fsp3) is 0.273. The van der Waals surface area contributed by atoms with Gasteiger partial charge < -0.3 is 15.2 Å². The van der Waals surface area contributed by atoms with Crippen LogP contribution in [-0.4, -0.2) is 27.7 Å². The molecule has 30 heavy (non-hydrogen) atoms. The molecule has 2 aromatic rings. The van der Waals surface area contributed by atoms with Crippen LogP contribution in [0.3, 0.4) is 0 Å². The Morgan fingerprint density at radius 1 is 1.27 bits per heavy atom. The van der Waals surface area contributed by atoms with Gasteiger partial charge in [-0.05, 0) is 51.5 Å². The van der Waals surface area contributed by atoms with E-state index in [-0.39, 0.29) is 22.5 Å². The number of nitrogens with zero attached hydrogens (tertiary/aromatic N) is 2. The summed E-state index contributed by atoms with van der Waals surface area (Å²) >= 11 is 0. The molecular weight excluding hydrogens is 387 g/mol. The normalized spacial score (nSPS) is 10.8.